The maximum atomic E-state index is 11.7. The molecule has 1 aromatic carbocycles. The lowest BCUT2D eigenvalue weighted by Crippen LogP contribution is -2.40. The Morgan fingerprint density at radius 1 is 1.05 bits per heavy atom. The molecule has 0 fully saturated rings. The Bertz CT molecular complexity index is 718. The van der Waals surface area contributed by atoms with Gasteiger partial charge < -0.3 is 0 Å². The van der Waals surface area contributed by atoms with E-state index in [9.17, 15) is 9.59 Å². The lowest BCUT2D eigenvalue weighted by Gasteiger charge is -2.05. The van der Waals surface area contributed by atoms with Crippen molar-refractivity contribution in [2.75, 3.05) is 0 Å². The summed E-state index contributed by atoms with van der Waals surface area (Å²) in [6, 6.07) is 7.97. The van der Waals surface area contributed by atoms with Crippen molar-refractivity contribution in [2.24, 2.45) is 0 Å². The number of halogens is 2. The van der Waals surface area contributed by atoms with Gasteiger partial charge in [-0.25, -0.2) is 0 Å². The molecular formula is C15H11Cl2N3O2. The summed E-state index contributed by atoms with van der Waals surface area (Å²) in [5.74, 6) is -0.941. The molecule has 1 aromatic heterocycles. The highest BCUT2D eigenvalue weighted by Gasteiger charge is 2.05. The van der Waals surface area contributed by atoms with Crippen LogP contribution in [0.1, 0.15) is 15.9 Å². The number of nitrogens with one attached hydrogen (secondary N) is 2. The molecule has 0 aliphatic heterocycles. The van der Waals surface area contributed by atoms with Crippen LogP contribution in [0.15, 0.2) is 48.8 Å². The molecule has 5 nitrogen and oxygen atoms in total. The third-order valence-corrected chi connectivity index (χ3v) is 3.19. The lowest BCUT2D eigenvalue weighted by molar-refractivity contribution is -0.117. The second-order valence-electron chi connectivity index (χ2n) is 4.18. The zero-order valence-electron chi connectivity index (χ0n) is 11.2. The third kappa shape index (κ3) is 4.58. The fourth-order valence-corrected chi connectivity index (χ4v) is 1.90. The summed E-state index contributed by atoms with van der Waals surface area (Å²) < 4.78 is 0. The van der Waals surface area contributed by atoms with Crippen molar-refractivity contribution in [3.05, 3.63) is 70.0 Å². The number of benzene rings is 1. The van der Waals surface area contributed by atoms with E-state index in [-0.39, 0.29) is 0 Å². The zero-order chi connectivity index (χ0) is 15.9. The minimum Gasteiger partial charge on any atom is -0.268 e. The average Bonchev–Trinajstić information content (AvgIpc) is 2.54. The van der Waals surface area contributed by atoms with E-state index < -0.39 is 11.8 Å². The number of rotatable bonds is 3. The Balaban J connectivity index is 1.92. The molecule has 0 aliphatic carbocycles. The van der Waals surface area contributed by atoms with Crippen molar-refractivity contribution in [1.82, 2.24) is 15.8 Å². The van der Waals surface area contributed by atoms with Gasteiger partial charge in [0.15, 0.2) is 0 Å². The molecule has 2 N–H and O–H groups in total. The number of hydrazine groups is 1. The summed E-state index contributed by atoms with van der Waals surface area (Å²) in [6.07, 6.45) is 5.71. The minimum atomic E-state index is -0.501. The first-order chi connectivity index (χ1) is 10.6. The summed E-state index contributed by atoms with van der Waals surface area (Å²) in [7, 11) is 0. The van der Waals surface area contributed by atoms with Crippen LogP contribution in [0.5, 0.6) is 0 Å². The van der Waals surface area contributed by atoms with Gasteiger partial charge in [-0.2, -0.15) is 0 Å². The first kappa shape index (κ1) is 16.0. The van der Waals surface area contributed by atoms with E-state index in [1.54, 1.807) is 18.2 Å². The highest BCUT2D eigenvalue weighted by molar-refractivity contribution is 6.34. The Hall–Kier alpha value is -2.37. The fraction of sp³-hybridized carbons (Fsp3) is 0. The maximum Gasteiger partial charge on any atom is 0.269 e. The van der Waals surface area contributed by atoms with E-state index in [0.717, 1.165) is 0 Å². The van der Waals surface area contributed by atoms with Gasteiger partial charge in [-0.15, -0.1) is 0 Å². The third-order valence-electron chi connectivity index (χ3n) is 2.61. The molecule has 0 bridgehead atoms. The molecule has 0 unspecified atom stereocenters. The van der Waals surface area contributed by atoms with Crippen LogP contribution in [-0.2, 0) is 4.79 Å². The van der Waals surface area contributed by atoms with Gasteiger partial charge >= 0.3 is 0 Å². The van der Waals surface area contributed by atoms with Crippen molar-refractivity contribution in [1.29, 1.82) is 0 Å². The smallest absolute Gasteiger partial charge is 0.268 e. The average molecular weight is 336 g/mol. The predicted molar refractivity (Wildman–Crippen MR) is 85.3 cm³/mol. The van der Waals surface area contributed by atoms with Gasteiger partial charge in [-0.05, 0) is 42.0 Å². The van der Waals surface area contributed by atoms with E-state index >= 15 is 0 Å². The first-order valence-corrected chi connectivity index (χ1v) is 6.95. The van der Waals surface area contributed by atoms with Gasteiger partial charge in [0.05, 0.1) is 0 Å². The zero-order valence-corrected chi connectivity index (χ0v) is 12.7. The number of pyridine rings is 1. The van der Waals surface area contributed by atoms with Crippen molar-refractivity contribution >= 4 is 41.1 Å². The molecule has 2 amide bonds. The fourth-order valence-electron chi connectivity index (χ4n) is 1.54. The number of hydrogen-bond acceptors (Lipinski definition) is 3. The molecule has 0 aliphatic rings. The topological polar surface area (TPSA) is 71.1 Å². The predicted octanol–water partition coefficient (Wildman–Crippen LogP) is 2.86. The van der Waals surface area contributed by atoms with Crippen LogP contribution < -0.4 is 10.9 Å². The summed E-state index contributed by atoms with van der Waals surface area (Å²) in [4.78, 5) is 27.2. The molecule has 0 radical (unpaired) electrons. The van der Waals surface area contributed by atoms with E-state index in [2.05, 4.69) is 15.8 Å². The lowest BCUT2D eigenvalue weighted by atomic mass is 10.2. The van der Waals surface area contributed by atoms with E-state index in [4.69, 9.17) is 23.2 Å². The van der Waals surface area contributed by atoms with Crippen molar-refractivity contribution in [2.45, 2.75) is 0 Å². The largest absolute Gasteiger partial charge is 0.269 e. The molecule has 0 atom stereocenters. The van der Waals surface area contributed by atoms with E-state index in [1.807, 2.05) is 0 Å². The van der Waals surface area contributed by atoms with E-state index in [1.165, 1.54) is 36.7 Å². The monoisotopic (exact) mass is 335 g/mol. The molecule has 2 aromatic rings. The van der Waals surface area contributed by atoms with Gasteiger partial charge in [-0.1, -0.05) is 23.2 Å². The van der Waals surface area contributed by atoms with Gasteiger partial charge in [-0.3, -0.25) is 25.4 Å². The van der Waals surface area contributed by atoms with Crippen LogP contribution in [-0.4, -0.2) is 16.8 Å². The van der Waals surface area contributed by atoms with Crippen LogP contribution >= 0.6 is 23.2 Å². The van der Waals surface area contributed by atoms with Crippen LogP contribution in [0.3, 0.4) is 0 Å². The molecular weight excluding hydrogens is 325 g/mol. The Morgan fingerprint density at radius 2 is 1.77 bits per heavy atom. The SMILES string of the molecule is O=C(/C=C/c1cc(Cl)ccc1Cl)NNC(=O)c1ccncc1. The van der Waals surface area contributed by atoms with Crippen LogP contribution in [0, 0.1) is 0 Å². The number of hydrogen-bond donors (Lipinski definition) is 2. The minimum absolute atomic E-state index is 0.386. The Labute approximate surface area is 136 Å². The molecule has 7 heteroatoms. The molecule has 0 spiro atoms. The van der Waals surface area contributed by atoms with Gasteiger partial charge in [0.2, 0.25) is 0 Å². The van der Waals surface area contributed by atoms with Gasteiger partial charge in [0.25, 0.3) is 11.8 Å². The summed E-state index contributed by atoms with van der Waals surface area (Å²) >= 11 is 11.8. The number of carbonyl (C=O) groups excluding carboxylic acids is 2. The van der Waals surface area contributed by atoms with Gasteiger partial charge in [0, 0.05) is 34.1 Å². The summed E-state index contributed by atoms with van der Waals surface area (Å²) in [5.41, 5.74) is 5.54. The standard InChI is InChI=1S/C15H11Cl2N3O2/c16-12-2-3-13(17)11(9-12)1-4-14(21)19-20-15(22)10-5-7-18-8-6-10/h1-9H,(H,19,21)(H,20,22)/b4-1+. The molecule has 22 heavy (non-hydrogen) atoms. The first-order valence-electron chi connectivity index (χ1n) is 6.20. The molecule has 2 rings (SSSR count). The Kier molecular flexibility index (Phi) is 5.52. The number of nitrogens with zero attached hydrogens (tertiary/aromatic N) is 1. The van der Waals surface area contributed by atoms with Crippen LogP contribution in [0.25, 0.3) is 6.08 Å². The quantitative estimate of drug-likeness (QED) is 0.669. The highest BCUT2D eigenvalue weighted by atomic mass is 35.5. The normalized spacial score (nSPS) is 10.5. The number of aromatic nitrogens is 1. The summed E-state index contributed by atoms with van der Waals surface area (Å²) in [5, 5.41) is 0.977. The molecule has 1 heterocycles. The van der Waals surface area contributed by atoms with E-state index in [0.29, 0.717) is 21.2 Å². The Morgan fingerprint density at radius 3 is 2.50 bits per heavy atom. The van der Waals surface area contributed by atoms with Crippen molar-refractivity contribution in [3.63, 3.8) is 0 Å². The molecule has 0 saturated carbocycles. The van der Waals surface area contributed by atoms with Crippen molar-refractivity contribution in [3.8, 4) is 0 Å². The number of amides is 2. The molecule has 0 saturated heterocycles. The maximum absolute atomic E-state index is 11.7. The van der Waals surface area contributed by atoms with Crippen molar-refractivity contribution < 1.29 is 9.59 Å². The highest BCUT2D eigenvalue weighted by Crippen LogP contribution is 2.21. The number of carbonyl (C=O) groups is 2. The van der Waals surface area contributed by atoms with Gasteiger partial charge in [0.1, 0.15) is 0 Å². The molecule has 112 valence electrons. The summed E-state index contributed by atoms with van der Waals surface area (Å²) in [6.45, 7) is 0. The van der Waals surface area contributed by atoms with Crippen LogP contribution in [0.4, 0.5) is 0 Å². The van der Waals surface area contributed by atoms with Crippen LogP contribution in [0.2, 0.25) is 10.0 Å². The second kappa shape index (κ2) is 7.59. The second-order valence-corrected chi connectivity index (χ2v) is 5.02.